The van der Waals surface area contributed by atoms with Gasteiger partial charge in [-0.25, -0.2) is 0 Å². The van der Waals surface area contributed by atoms with E-state index >= 15 is 0 Å². The lowest BCUT2D eigenvalue weighted by molar-refractivity contribution is -0.142. The van der Waals surface area contributed by atoms with Gasteiger partial charge in [-0.3, -0.25) is 24.1 Å². The molecule has 7 atom stereocenters. The zero-order valence-electron chi connectivity index (χ0n) is 18.3. The number of nitrogens with zero attached hydrogens (tertiary/aromatic N) is 1. The van der Waals surface area contributed by atoms with Crippen molar-refractivity contribution in [2.24, 2.45) is 29.6 Å². The maximum atomic E-state index is 13.4. The Balaban J connectivity index is 1.33. The number of hydrogen-bond donors (Lipinski definition) is 2. The average Bonchev–Trinajstić information content (AvgIpc) is 3.54. The van der Waals surface area contributed by atoms with E-state index in [0.717, 1.165) is 21.9 Å². The van der Waals surface area contributed by atoms with Gasteiger partial charge in [0.15, 0.2) is 0 Å². The van der Waals surface area contributed by atoms with Crippen LogP contribution in [0.3, 0.4) is 0 Å². The predicted octanol–water partition coefficient (Wildman–Crippen LogP) is 3.44. The Labute approximate surface area is 204 Å². The van der Waals surface area contributed by atoms with E-state index in [0.29, 0.717) is 0 Å². The number of imide groups is 1. The lowest BCUT2D eigenvalue weighted by Crippen LogP contribution is -2.42. The van der Waals surface area contributed by atoms with Gasteiger partial charge in [0.1, 0.15) is 0 Å². The predicted molar refractivity (Wildman–Crippen MR) is 128 cm³/mol. The molecule has 0 unspecified atom stereocenters. The number of likely N-dealkylation sites (tertiary alicyclic amines) is 1. The normalized spacial score (nSPS) is 33.4. The van der Waals surface area contributed by atoms with Gasteiger partial charge < -0.3 is 10.1 Å². The van der Waals surface area contributed by atoms with Crippen LogP contribution in [0, 0.1) is 29.6 Å². The van der Waals surface area contributed by atoms with E-state index in [9.17, 15) is 19.2 Å². The number of aromatic nitrogens is 1. The first-order valence-electron chi connectivity index (χ1n) is 11.6. The highest BCUT2D eigenvalue weighted by Crippen LogP contribution is 2.67. The molecule has 0 spiro atoms. The summed E-state index contributed by atoms with van der Waals surface area (Å²) in [5, 5.41) is 10.0. The molecule has 2 bridgehead atoms. The van der Waals surface area contributed by atoms with E-state index in [-0.39, 0.29) is 76.8 Å². The molecule has 1 saturated heterocycles. The third-order valence-corrected chi connectivity index (χ3v) is 10.5. The Hall–Kier alpha value is -2.65. The molecule has 3 fully saturated rings. The lowest BCUT2D eigenvalue weighted by Gasteiger charge is -2.41. The van der Waals surface area contributed by atoms with Crippen molar-refractivity contribution < 1.29 is 19.5 Å². The zero-order chi connectivity index (χ0) is 23.6. The van der Waals surface area contributed by atoms with Crippen molar-refractivity contribution in [2.75, 3.05) is 6.54 Å². The molecule has 7 nitrogen and oxygen atoms in total. The number of aliphatic carboxylic acids is 1. The van der Waals surface area contributed by atoms with E-state index in [1.54, 1.807) is 11.8 Å². The molecule has 1 aromatic carbocycles. The molecule has 2 aromatic rings. The summed E-state index contributed by atoms with van der Waals surface area (Å²) >= 11 is 2.92. The number of carboxylic acids is 1. The number of allylic oxidation sites excluding steroid dienone is 1. The SMILES string of the molecule is O=C(O)CCCN1C(=O)[C@@H]2[C@H]3C[C@@H]([C@@H]2C1=O)[C@H]1[C@H]3Sc2[nH]c(=O)sc2[C@H]1/C=C/c1ccccc1. The van der Waals surface area contributed by atoms with Gasteiger partial charge in [0.2, 0.25) is 11.8 Å². The van der Waals surface area contributed by atoms with Crippen LogP contribution in [0.2, 0.25) is 0 Å². The van der Waals surface area contributed by atoms with Crippen molar-refractivity contribution >= 4 is 47.0 Å². The minimum absolute atomic E-state index is 0.0188. The van der Waals surface area contributed by atoms with Crippen LogP contribution >= 0.6 is 23.1 Å². The number of hydrogen-bond acceptors (Lipinski definition) is 6. The van der Waals surface area contributed by atoms with Crippen molar-refractivity contribution in [1.29, 1.82) is 0 Å². The second kappa shape index (κ2) is 8.23. The number of nitrogens with one attached hydrogen (secondary N) is 1. The van der Waals surface area contributed by atoms with Crippen LogP contribution in [0.1, 0.15) is 35.6 Å². The molecule has 6 rings (SSSR count). The molecular weight excluding hydrogens is 472 g/mol. The highest BCUT2D eigenvalue weighted by molar-refractivity contribution is 8.00. The quantitative estimate of drug-likeness (QED) is 0.594. The molecule has 3 heterocycles. The fourth-order valence-corrected chi connectivity index (χ4v) is 9.59. The van der Waals surface area contributed by atoms with Crippen molar-refractivity contribution in [3.05, 3.63) is 56.5 Å². The fraction of sp³-hybridized carbons (Fsp3) is 0.440. The topological polar surface area (TPSA) is 108 Å². The molecule has 2 amide bonds. The number of carbonyl (C=O) groups is 3. The van der Waals surface area contributed by atoms with Gasteiger partial charge in [-0.1, -0.05) is 53.8 Å². The number of thioether (sulfide) groups is 1. The number of H-pyrrole nitrogens is 1. The molecular formula is C25H24N2O5S2. The average molecular weight is 497 g/mol. The van der Waals surface area contributed by atoms with Gasteiger partial charge in [0.05, 0.1) is 16.9 Å². The number of carbonyl (C=O) groups excluding carboxylic acids is 2. The number of rotatable bonds is 6. The molecule has 2 aliphatic carbocycles. The number of benzene rings is 1. The van der Waals surface area contributed by atoms with E-state index in [2.05, 4.69) is 17.1 Å². The van der Waals surface area contributed by atoms with E-state index in [4.69, 9.17) is 5.11 Å². The molecule has 4 aliphatic rings. The number of fused-ring (bicyclic) bond motifs is 9. The zero-order valence-corrected chi connectivity index (χ0v) is 19.9. The van der Waals surface area contributed by atoms with Gasteiger partial charge in [-0.05, 0) is 36.2 Å². The minimum Gasteiger partial charge on any atom is -0.481 e. The lowest BCUT2D eigenvalue weighted by atomic mass is 9.69. The first kappa shape index (κ1) is 21.9. The Morgan fingerprint density at radius 1 is 1.12 bits per heavy atom. The number of thiazole rings is 1. The maximum Gasteiger partial charge on any atom is 0.305 e. The van der Waals surface area contributed by atoms with Gasteiger partial charge in [0.25, 0.3) is 0 Å². The van der Waals surface area contributed by atoms with Crippen molar-refractivity contribution in [2.45, 2.75) is 35.5 Å². The Bertz CT molecular complexity index is 1250. The largest absolute Gasteiger partial charge is 0.481 e. The first-order valence-corrected chi connectivity index (χ1v) is 13.3. The summed E-state index contributed by atoms with van der Waals surface area (Å²) in [6.45, 7) is 0.177. The van der Waals surface area contributed by atoms with Gasteiger partial charge in [-0.15, -0.1) is 11.8 Å². The van der Waals surface area contributed by atoms with Gasteiger partial charge >= 0.3 is 10.8 Å². The first-order chi connectivity index (χ1) is 16.4. The Morgan fingerprint density at radius 2 is 1.85 bits per heavy atom. The standard InChI is InChI=1S/C25H24N2O5S2/c28-16(29)7-4-10-27-23(30)18-14-11-15(19(18)24(27)31)20-17(14)13(9-8-12-5-2-1-3-6-12)21-22(33-20)26-25(32)34-21/h1-3,5-6,8-9,13-15,17-20H,4,7,10-11H2,(H,26,32)(H,28,29)/b9-8+/t13-,14+,15+,17-,18-,19+,20-/m0/s1. The summed E-state index contributed by atoms with van der Waals surface area (Å²) in [6, 6.07) is 10.0. The molecule has 176 valence electrons. The van der Waals surface area contributed by atoms with Gasteiger partial charge in [0, 0.05) is 29.0 Å². The Kier molecular flexibility index (Phi) is 5.29. The van der Waals surface area contributed by atoms with Crippen molar-refractivity contribution in [1.82, 2.24) is 9.88 Å². The summed E-state index contributed by atoms with van der Waals surface area (Å²) in [7, 11) is 0. The second-order valence-electron chi connectivity index (χ2n) is 9.60. The molecule has 34 heavy (non-hydrogen) atoms. The van der Waals surface area contributed by atoms with E-state index in [1.807, 2.05) is 30.3 Å². The van der Waals surface area contributed by atoms with Crippen LogP contribution in [0.25, 0.3) is 6.08 Å². The van der Waals surface area contributed by atoms with Crippen LogP contribution in [0.15, 0.2) is 46.2 Å². The monoisotopic (exact) mass is 496 g/mol. The van der Waals surface area contributed by atoms with Crippen molar-refractivity contribution in [3.8, 4) is 0 Å². The van der Waals surface area contributed by atoms with Crippen molar-refractivity contribution in [3.63, 3.8) is 0 Å². The van der Waals surface area contributed by atoms with Crippen LogP contribution in [-0.4, -0.2) is 44.6 Å². The van der Waals surface area contributed by atoms with E-state index in [1.165, 1.54) is 16.2 Å². The van der Waals surface area contributed by atoms with Crippen LogP contribution in [-0.2, 0) is 14.4 Å². The number of aromatic amines is 1. The van der Waals surface area contributed by atoms with E-state index < -0.39 is 5.97 Å². The summed E-state index contributed by atoms with van der Waals surface area (Å²) in [6.07, 6.45) is 5.35. The summed E-state index contributed by atoms with van der Waals surface area (Å²) in [4.78, 5) is 55.0. The maximum absolute atomic E-state index is 13.4. The number of amides is 2. The molecule has 2 aliphatic heterocycles. The smallest absolute Gasteiger partial charge is 0.305 e. The van der Waals surface area contributed by atoms with Gasteiger partial charge in [-0.2, -0.15) is 0 Å². The second-order valence-corrected chi connectivity index (χ2v) is 11.8. The molecule has 9 heteroatoms. The third-order valence-electron chi connectivity index (χ3n) is 7.93. The molecule has 2 N–H and O–H groups in total. The highest BCUT2D eigenvalue weighted by Gasteiger charge is 2.69. The molecule has 0 radical (unpaired) electrons. The fourth-order valence-electron chi connectivity index (χ4n) is 6.73. The van der Waals surface area contributed by atoms with Crippen LogP contribution in [0.5, 0.6) is 0 Å². The third kappa shape index (κ3) is 3.32. The molecule has 1 aromatic heterocycles. The van der Waals surface area contributed by atoms with Crippen LogP contribution in [0.4, 0.5) is 0 Å². The highest BCUT2D eigenvalue weighted by atomic mass is 32.2. The summed E-state index contributed by atoms with van der Waals surface area (Å²) < 4.78 is 0. The van der Waals surface area contributed by atoms with Crippen LogP contribution < -0.4 is 4.87 Å². The number of carboxylic acid groups (broad SMARTS) is 1. The molecule has 2 saturated carbocycles. The summed E-state index contributed by atoms with van der Waals surface area (Å²) in [5.74, 6) is -1.44. The minimum atomic E-state index is -0.921. The Morgan fingerprint density at radius 3 is 2.59 bits per heavy atom. The summed E-state index contributed by atoms with van der Waals surface area (Å²) in [5.41, 5.74) is 1.08.